The van der Waals surface area contributed by atoms with Gasteiger partial charge in [-0.15, -0.1) is 0 Å². The van der Waals surface area contributed by atoms with Crippen molar-refractivity contribution in [2.24, 2.45) is 23.7 Å². The molecule has 0 nitrogen and oxygen atoms in total. The molecule has 0 aromatic carbocycles. The molecule has 4 bridgehead atoms. The van der Waals surface area contributed by atoms with Crippen LogP contribution in [0.1, 0.15) is 33.1 Å². The second-order valence-corrected chi connectivity index (χ2v) is 6.64. The first-order valence-corrected chi connectivity index (χ1v) is 6.35. The Hall–Kier alpha value is 0.350. The minimum atomic E-state index is 1.04. The van der Waals surface area contributed by atoms with Crippen molar-refractivity contribution in [2.75, 3.05) is 0 Å². The zero-order valence-corrected chi connectivity index (χ0v) is 8.81. The number of rotatable bonds is 0. The van der Waals surface area contributed by atoms with Gasteiger partial charge in [-0.1, -0.05) is 13.8 Å². The maximum atomic E-state index is 2.49. The van der Waals surface area contributed by atoms with Crippen LogP contribution in [-0.4, -0.2) is 10.5 Å². The largest absolute Gasteiger partial charge is 0.155 e. The lowest BCUT2D eigenvalue weighted by atomic mass is 9.62. The Bertz CT molecular complexity index is 151. The molecule has 0 aromatic rings. The molecular formula is C11H18S. The third-order valence-corrected chi connectivity index (χ3v) is 6.63. The van der Waals surface area contributed by atoms with E-state index in [4.69, 9.17) is 0 Å². The Labute approximate surface area is 79.5 Å². The number of hydrogen-bond acceptors (Lipinski definition) is 1. The monoisotopic (exact) mass is 182 g/mol. The van der Waals surface area contributed by atoms with Crippen molar-refractivity contribution < 1.29 is 0 Å². The summed E-state index contributed by atoms with van der Waals surface area (Å²) < 4.78 is 0. The molecule has 2 heterocycles. The summed E-state index contributed by atoms with van der Waals surface area (Å²) in [4.78, 5) is 0. The van der Waals surface area contributed by atoms with Gasteiger partial charge in [0, 0.05) is 10.5 Å². The zero-order valence-electron chi connectivity index (χ0n) is 7.99. The molecule has 6 atom stereocenters. The second-order valence-electron chi connectivity index (χ2n) is 5.16. The Morgan fingerprint density at radius 1 is 0.833 bits per heavy atom. The molecule has 4 rings (SSSR count). The second kappa shape index (κ2) is 2.43. The highest BCUT2D eigenvalue weighted by Crippen LogP contribution is 2.58. The van der Waals surface area contributed by atoms with Crippen LogP contribution in [0.15, 0.2) is 0 Å². The van der Waals surface area contributed by atoms with Crippen molar-refractivity contribution in [3.8, 4) is 0 Å². The number of hydrogen-bond donors (Lipinski definition) is 0. The molecule has 2 aliphatic heterocycles. The molecular weight excluding hydrogens is 164 g/mol. The van der Waals surface area contributed by atoms with E-state index in [9.17, 15) is 0 Å². The predicted molar refractivity (Wildman–Crippen MR) is 54.3 cm³/mol. The van der Waals surface area contributed by atoms with Crippen molar-refractivity contribution in [3.63, 3.8) is 0 Å². The van der Waals surface area contributed by atoms with E-state index < -0.39 is 0 Å². The summed E-state index contributed by atoms with van der Waals surface area (Å²) in [5.41, 5.74) is 0. The van der Waals surface area contributed by atoms with Crippen molar-refractivity contribution in [1.82, 2.24) is 0 Å². The zero-order chi connectivity index (χ0) is 8.29. The summed E-state index contributed by atoms with van der Waals surface area (Å²) in [7, 11) is 0. The van der Waals surface area contributed by atoms with Crippen LogP contribution >= 0.6 is 11.8 Å². The van der Waals surface area contributed by atoms with Crippen LogP contribution in [-0.2, 0) is 0 Å². The number of thioether (sulfide) groups is 1. The van der Waals surface area contributed by atoms with Crippen LogP contribution in [0.25, 0.3) is 0 Å². The van der Waals surface area contributed by atoms with Gasteiger partial charge in [0.2, 0.25) is 0 Å². The van der Waals surface area contributed by atoms with Crippen molar-refractivity contribution in [1.29, 1.82) is 0 Å². The summed E-state index contributed by atoms with van der Waals surface area (Å²) in [6.45, 7) is 4.98. The third-order valence-electron chi connectivity index (χ3n) is 4.69. The van der Waals surface area contributed by atoms with E-state index in [1.807, 2.05) is 0 Å². The van der Waals surface area contributed by atoms with Crippen LogP contribution in [0, 0.1) is 23.7 Å². The summed E-state index contributed by atoms with van der Waals surface area (Å²) in [6, 6.07) is 0. The Kier molecular flexibility index (Phi) is 1.57. The van der Waals surface area contributed by atoms with E-state index in [0.29, 0.717) is 0 Å². The van der Waals surface area contributed by atoms with Gasteiger partial charge in [-0.3, -0.25) is 0 Å². The van der Waals surface area contributed by atoms with Crippen molar-refractivity contribution in [2.45, 2.75) is 43.6 Å². The Balaban J connectivity index is 1.91. The van der Waals surface area contributed by atoms with Gasteiger partial charge in [0.25, 0.3) is 0 Å². The molecule has 12 heavy (non-hydrogen) atoms. The van der Waals surface area contributed by atoms with Gasteiger partial charge in [-0.05, 0) is 42.9 Å². The first-order valence-electron chi connectivity index (χ1n) is 5.41. The van der Waals surface area contributed by atoms with Gasteiger partial charge in [-0.2, -0.15) is 11.8 Å². The maximum absolute atomic E-state index is 2.49. The van der Waals surface area contributed by atoms with Crippen LogP contribution in [0.4, 0.5) is 0 Å². The fraction of sp³-hybridized carbons (Fsp3) is 1.00. The quantitative estimate of drug-likeness (QED) is 0.554. The van der Waals surface area contributed by atoms with Crippen LogP contribution in [0.3, 0.4) is 0 Å². The standard InChI is InChI=1S/C11H18S/c1-6-8-3-9-5-10(6)12-11(4-8)7(9)2/h6-11H,3-5H2,1-2H3. The molecule has 0 spiro atoms. The SMILES string of the molecule is CC1C2CC3CC1SC(C2)C3C. The molecule has 2 saturated heterocycles. The van der Waals surface area contributed by atoms with E-state index in [-0.39, 0.29) is 0 Å². The highest BCUT2D eigenvalue weighted by atomic mass is 32.2. The first kappa shape index (κ1) is 7.73. The van der Waals surface area contributed by atoms with E-state index in [0.717, 1.165) is 34.2 Å². The molecule has 0 amide bonds. The molecule has 2 saturated carbocycles. The minimum Gasteiger partial charge on any atom is -0.155 e. The first-order chi connectivity index (χ1) is 5.75. The van der Waals surface area contributed by atoms with Crippen LogP contribution in [0.5, 0.6) is 0 Å². The topological polar surface area (TPSA) is 0 Å². The highest BCUT2D eigenvalue weighted by molar-refractivity contribution is 8.00. The lowest BCUT2D eigenvalue weighted by Crippen LogP contribution is -2.50. The molecule has 0 N–H and O–H groups in total. The van der Waals surface area contributed by atoms with Gasteiger partial charge in [-0.25, -0.2) is 0 Å². The summed E-state index contributed by atoms with van der Waals surface area (Å²) in [5, 5.41) is 2.09. The lowest BCUT2D eigenvalue weighted by Gasteiger charge is -2.56. The fourth-order valence-electron chi connectivity index (χ4n) is 3.66. The molecule has 0 aromatic heterocycles. The van der Waals surface area contributed by atoms with Gasteiger partial charge < -0.3 is 0 Å². The van der Waals surface area contributed by atoms with Gasteiger partial charge >= 0.3 is 0 Å². The Morgan fingerprint density at radius 2 is 1.33 bits per heavy atom. The van der Waals surface area contributed by atoms with Crippen molar-refractivity contribution in [3.05, 3.63) is 0 Å². The van der Waals surface area contributed by atoms with Crippen molar-refractivity contribution >= 4 is 11.8 Å². The van der Waals surface area contributed by atoms with E-state index in [2.05, 4.69) is 25.6 Å². The fourth-order valence-corrected chi connectivity index (χ4v) is 5.76. The van der Waals surface area contributed by atoms with E-state index >= 15 is 0 Å². The van der Waals surface area contributed by atoms with E-state index in [1.165, 1.54) is 0 Å². The summed E-state index contributed by atoms with van der Waals surface area (Å²) in [5.74, 6) is 4.29. The van der Waals surface area contributed by atoms with Gasteiger partial charge in [0.15, 0.2) is 0 Å². The third kappa shape index (κ3) is 0.865. The molecule has 4 fully saturated rings. The predicted octanol–water partition coefficient (Wildman–Crippen LogP) is 3.17. The molecule has 68 valence electrons. The summed E-state index contributed by atoms with van der Waals surface area (Å²) in [6.07, 6.45) is 4.65. The van der Waals surface area contributed by atoms with Crippen LogP contribution < -0.4 is 0 Å². The summed E-state index contributed by atoms with van der Waals surface area (Å²) >= 11 is 2.32. The lowest BCUT2D eigenvalue weighted by molar-refractivity contribution is 0.0841. The minimum absolute atomic E-state index is 1.04. The Morgan fingerprint density at radius 3 is 1.75 bits per heavy atom. The van der Waals surface area contributed by atoms with Gasteiger partial charge in [0.05, 0.1) is 0 Å². The van der Waals surface area contributed by atoms with E-state index in [1.54, 1.807) is 19.3 Å². The average molecular weight is 182 g/mol. The van der Waals surface area contributed by atoms with Crippen LogP contribution in [0.2, 0.25) is 0 Å². The average Bonchev–Trinajstić information content (AvgIpc) is 2.02. The molecule has 4 aliphatic rings. The molecule has 2 aliphatic carbocycles. The molecule has 0 radical (unpaired) electrons. The molecule has 6 unspecified atom stereocenters. The highest BCUT2D eigenvalue weighted by Gasteiger charge is 2.50. The molecule has 1 heteroatoms. The maximum Gasteiger partial charge on any atom is 0.00809 e. The van der Waals surface area contributed by atoms with Gasteiger partial charge in [0.1, 0.15) is 0 Å². The smallest absolute Gasteiger partial charge is 0.00809 e. The normalized spacial score (nSPS) is 62.5.